The molecule has 1 spiro atoms. The maximum absolute atomic E-state index is 6.57. The molecule has 2 aromatic carbocycles. The fourth-order valence-corrected chi connectivity index (χ4v) is 6.77. The third-order valence-electron chi connectivity index (χ3n) is 7.87. The van der Waals surface area contributed by atoms with Crippen molar-refractivity contribution in [3.63, 3.8) is 0 Å². The second-order valence-corrected chi connectivity index (χ2v) is 9.27. The van der Waals surface area contributed by atoms with Crippen LogP contribution in [0.3, 0.4) is 0 Å². The van der Waals surface area contributed by atoms with E-state index in [9.17, 15) is 0 Å². The van der Waals surface area contributed by atoms with Crippen LogP contribution in [0.15, 0.2) is 91.3 Å². The van der Waals surface area contributed by atoms with E-state index in [1.807, 2.05) is 30.3 Å². The summed E-state index contributed by atoms with van der Waals surface area (Å²) in [6, 6.07) is 27.5. The lowest BCUT2D eigenvalue weighted by molar-refractivity contribution is -1.16. The maximum atomic E-state index is 6.57. The van der Waals surface area contributed by atoms with Gasteiger partial charge in [-0.15, -0.1) is 4.57 Å². The van der Waals surface area contributed by atoms with Crippen LogP contribution in [0.1, 0.15) is 5.56 Å². The number of hydrogen-bond donors (Lipinski definition) is 0. The van der Waals surface area contributed by atoms with Crippen LogP contribution >= 0.6 is 0 Å². The van der Waals surface area contributed by atoms with E-state index in [2.05, 4.69) is 79.0 Å². The highest BCUT2D eigenvalue weighted by molar-refractivity contribution is 6.23. The van der Waals surface area contributed by atoms with E-state index in [0.717, 1.165) is 29.0 Å². The summed E-state index contributed by atoms with van der Waals surface area (Å²) in [5.41, 5.74) is 4.76. The van der Waals surface area contributed by atoms with Crippen LogP contribution in [0, 0.1) is 0 Å². The van der Waals surface area contributed by atoms with Crippen molar-refractivity contribution in [2.45, 2.75) is 5.79 Å². The van der Waals surface area contributed by atoms with Crippen molar-refractivity contribution in [3.8, 4) is 23.4 Å². The molecule has 0 amide bonds. The fourth-order valence-electron chi connectivity index (χ4n) is 6.77. The molecule has 3 aliphatic heterocycles. The van der Waals surface area contributed by atoms with E-state index in [1.54, 1.807) is 0 Å². The Morgan fingerprint density at radius 2 is 1.32 bits per heavy atom. The summed E-state index contributed by atoms with van der Waals surface area (Å²) in [5, 5.41) is 5.02. The number of nitrogens with zero attached hydrogens (tertiary/aromatic N) is 4. The summed E-state index contributed by atoms with van der Waals surface area (Å²) in [6.45, 7) is 0. The molecule has 7 aromatic rings. The molecule has 1 unspecified atom stereocenters. The van der Waals surface area contributed by atoms with Gasteiger partial charge in [-0.05, 0) is 53.1 Å². The van der Waals surface area contributed by atoms with E-state index < -0.39 is 5.79 Å². The highest BCUT2D eigenvalue weighted by atomic mass is 16.5. The zero-order valence-electron chi connectivity index (χ0n) is 17.8. The molecule has 0 fully saturated rings. The van der Waals surface area contributed by atoms with Crippen molar-refractivity contribution >= 4 is 38.2 Å². The number of pyridine rings is 3. The van der Waals surface area contributed by atoms with Crippen LogP contribution in [0.4, 0.5) is 0 Å². The first-order valence-corrected chi connectivity index (χ1v) is 11.5. The predicted molar refractivity (Wildman–Crippen MR) is 123 cm³/mol. The molecule has 10 rings (SSSR count). The summed E-state index contributed by atoms with van der Waals surface area (Å²) < 4.78 is 22.3. The van der Waals surface area contributed by atoms with Gasteiger partial charge >= 0.3 is 29.1 Å². The smallest absolute Gasteiger partial charge is 0.403 e. The molecule has 8 heterocycles. The average molecular weight is 439 g/mol. The number of aromatic nitrogens is 4. The van der Waals surface area contributed by atoms with E-state index in [0.29, 0.717) is 0 Å². The maximum Gasteiger partial charge on any atom is 0.556 e. The van der Waals surface area contributed by atoms with E-state index in [1.165, 1.54) is 38.2 Å². The normalized spacial score (nSPS) is 18.6. The SMILES string of the molecule is c1cc[n+]2c(c1)Oc1cccc3[n+]1C21c2c(ccc4c5cccc6c7ccc[n+]1c7n(c24)c56)O3. The molecule has 0 saturated carbocycles. The lowest BCUT2D eigenvalue weighted by Crippen LogP contribution is -2.90. The molecular weight excluding hydrogens is 424 g/mol. The molecule has 3 aliphatic rings. The molecule has 6 nitrogen and oxygen atoms in total. The first-order valence-electron chi connectivity index (χ1n) is 11.5. The molecule has 0 saturated heterocycles. The van der Waals surface area contributed by atoms with Crippen LogP contribution in [0.2, 0.25) is 0 Å². The van der Waals surface area contributed by atoms with Gasteiger partial charge < -0.3 is 9.47 Å². The highest BCUT2D eigenvalue weighted by Gasteiger charge is 2.73. The summed E-state index contributed by atoms with van der Waals surface area (Å²) in [6.07, 6.45) is 4.30. The minimum atomic E-state index is -0.750. The number of hydrogen-bond acceptors (Lipinski definition) is 2. The van der Waals surface area contributed by atoms with Crippen LogP contribution in [-0.4, -0.2) is 4.40 Å². The van der Waals surface area contributed by atoms with Gasteiger partial charge in [0.2, 0.25) is 5.56 Å². The van der Waals surface area contributed by atoms with Crippen molar-refractivity contribution in [2.75, 3.05) is 0 Å². The first-order chi connectivity index (χ1) is 16.9. The van der Waals surface area contributed by atoms with Gasteiger partial charge in [-0.3, -0.25) is 0 Å². The zero-order valence-corrected chi connectivity index (χ0v) is 17.8. The van der Waals surface area contributed by atoms with Gasteiger partial charge in [-0.1, -0.05) is 10.6 Å². The molecule has 6 heteroatoms. The summed E-state index contributed by atoms with van der Waals surface area (Å²) >= 11 is 0. The molecule has 34 heavy (non-hydrogen) atoms. The Labute approximate surface area is 192 Å². The topological polar surface area (TPSA) is 34.5 Å². The predicted octanol–water partition coefficient (Wildman–Crippen LogP) is 3.98. The van der Waals surface area contributed by atoms with Gasteiger partial charge in [0.15, 0.2) is 17.5 Å². The molecular formula is C28H15N4O2+3. The van der Waals surface area contributed by atoms with Gasteiger partial charge in [-0.2, -0.15) is 4.40 Å². The van der Waals surface area contributed by atoms with Crippen LogP contribution in [0.5, 0.6) is 23.4 Å². The minimum Gasteiger partial charge on any atom is -0.403 e. The number of fused-ring (bicyclic) bond motifs is 3. The second-order valence-electron chi connectivity index (χ2n) is 9.27. The van der Waals surface area contributed by atoms with Gasteiger partial charge in [-0.25, -0.2) is 0 Å². The summed E-state index contributed by atoms with van der Waals surface area (Å²) in [5.74, 6) is 2.40. The quantitative estimate of drug-likeness (QED) is 0.335. The van der Waals surface area contributed by atoms with E-state index >= 15 is 0 Å². The number of rotatable bonds is 0. The molecule has 5 aromatic heterocycles. The molecule has 156 valence electrons. The van der Waals surface area contributed by atoms with Crippen molar-refractivity contribution in [1.29, 1.82) is 0 Å². The molecule has 0 bridgehead atoms. The third kappa shape index (κ3) is 1.37. The molecule has 1 atom stereocenters. The monoisotopic (exact) mass is 439 g/mol. The molecule has 0 radical (unpaired) electrons. The van der Waals surface area contributed by atoms with Gasteiger partial charge in [0.05, 0.1) is 23.6 Å². The van der Waals surface area contributed by atoms with Gasteiger partial charge in [0.1, 0.15) is 11.7 Å². The van der Waals surface area contributed by atoms with Crippen molar-refractivity contribution < 1.29 is 23.2 Å². The van der Waals surface area contributed by atoms with Crippen LogP contribution in [-0.2, 0) is 5.79 Å². The lowest BCUT2D eigenvalue weighted by atomic mass is 9.96. The fraction of sp³-hybridized carbons (Fsp3) is 0.0357. The van der Waals surface area contributed by atoms with E-state index in [4.69, 9.17) is 9.47 Å². The Balaban J connectivity index is 1.62. The zero-order chi connectivity index (χ0) is 21.8. The van der Waals surface area contributed by atoms with Crippen molar-refractivity contribution in [1.82, 2.24) is 4.40 Å². The average Bonchev–Trinajstić information content (AvgIpc) is 3.40. The van der Waals surface area contributed by atoms with Crippen LogP contribution < -0.4 is 23.2 Å². The number of para-hydroxylation sites is 1. The number of ether oxygens (including phenoxy) is 2. The summed E-state index contributed by atoms with van der Waals surface area (Å²) in [7, 11) is 0. The Morgan fingerprint density at radius 1 is 0.588 bits per heavy atom. The Hall–Kier alpha value is -4.71. The Morgan fingerprint density at radius 3 is 2.26 bits per heavy atom. The summed E-state index contributed by atoms with van der Waals surface area (Å²) in [4.78, 5) is 0. The third-order valence-corrected chi connectivity index (χ3v) is 7.87. The molecule has 0 N–H and O–H groups in total. The minimum absolute atomic E-state index is 0.748. The molecule has 0 aliphatic carbocycles. The number of benzene rings is 2. The lowest BCUT2D eigenvalue weighted by Gasteiger charge is -2.31. The second kappa shape index (κ2) is 4.79. The van der Waals surface area contributed by atoms with Gasteiger partial charge in [0, 0.05) is 22.2 Å². The Kier molecular flexibility index (Phi) is 2.25. The van der Waals surface area contributed by atoms with Gasteiger partial charge in [0.25, 0.3) is 0 Å². The standard InChI is InChI=1S/C28H15N4O2/c1-2-14-29-21(9-1)34-23-11-4-10-22-32(23)28(29)24-20(33-22)13-12-18-16-6-3-7-17-19-8-5-15-30(28)27(19)31(25(16)17)26(18)24/h1-15H/q+3. The van der Waals surface area contributed by atoms with Crippen LogP contribution in [0.25, 0.3) is 38.2 Å². The largest absolute Gasteiger partial charge is 0.556 e. The van der Waals surface area contributed by atoms with Crippen molar-refractivity contribution in [2.24, 2.45) is 0 Å². The Bertz CT molecular complexity index is 2080. The van der Waals surface area contributed by atoms with E-state index in [-0.39, 0.29) is 0 Å². The van der Waals surface area contributed by atoms with Crippen molar-refractivity contribution in [3.05, 3.63) is 96.8 Å². The highest BCUT2D eigenvalue weighted by Crippen LogP contribution is 2.49. The first kappa shape index (κ1) is 16.0.